The zero-order valence-corrected chi connectivity index (χ0v) is 15.0. The van der Waals surface area contributed by atoms with Gasteiger partial charge in [0.1, 0.15) is 5.82 Å². The van der Waals surface area contributed by atoms with Gasteiger partial charge in [0.05, 0.1) is 0 Å². The van der Waals surface area contributed by atoms with E-state index in [4.69, 9.17) is 0 Å². The number of rotatable bonds is 4. The van der Waals surface area contributed by atoms with Crippen LogP contribution in [0.3, 0.4) is 0 Å². The summed E-state index contributed by atoms with van der Waals surface area (Å²) in [6.45, 7) is 6.96. The van der Waals surface area contributed by atoms with Crippen molar-refractivity contribution in [2.45, 2.75) is 32.2 Å². The summed E-state index contributed by atoms with van der Waals surface area (Å²) in [6.07, 6.45) is 3.43. The second-order valence-electron chi connectivity index (χ2n) is 7.58. The number of halogens is 1. The van der Waals surface area contributed by atoms with E-state index in [1.165, 1.54) is 36.2 Å². The van der Waals surface area contributed by atoms with Gasteiger partial charge in [0.2, 0.25) is 0 Å². The van der Waals surface area contributed by atoms with E-state index in [9.17, 15) is 4.39 Å². The Hall–Kier alpha value is -1.87. The number of para-hydroxylation sites is 1. The molecule has 0 amide bonds. The Bertz CT molecular complexity index is 712. The molecule has 132 valence electrons. The Morgan fingerprint density at radius 3 is 2.64 bits per heavy atom. The van der Waals surface area contributed by atoms with Crippen molar-refractivity contribution in [3.63, 3.8) is 0 Å². The maximum absolute atomic E-state index is 13.0. The fraction of sp³-hybridized carbons (Fsp3) is 0.455. The number of piperidine rings is 1. The maximum Gasteiger partial charge on any atom is 0.123 e. The van der Waals surface area contributed by atoms with Crippen molar-refractivity contribution >= 4 is 5.69 Å². The molecule has 1 fully saturated rings. The number of hydrogen-bond donors (Lipinski definition) is 0. The van der Waals surface area contributed by atoms with Gasteiger partial charge in [-0.25, -0.2) is 4.39 Å². The zero-order chi connectivity index (χ0) is 17.2. The van der Waals surface area contributed by atoms with Crippen LogP contribution < -0.4 is 4.90 Å². The van der Waals surface area contributed by atoms with Crippen molar-refractivity contribution in [3.05, 3.63) is 65.5 Å². The molecule has 1 saturated heterocycles. The standard InChI is InChI=1S/C22H27FN2/c1-17-16-24(13-10-18-6-8-20(23)9-7-18)14-12-21(17)25-15-11-19-4-2-3-5-22(19)25/h2-9,17,21H,10-16H2,1H3. The number of hydrogen-bond acceptors (Lipinski definition) is 2. The lowest BCUT2D eigenvalue weighted by molar-refractivity contribution is 0.162. The van der Waals surface area contributed by atoms with Crippen molar-refractivity contribution in [2.24, 2.45) is 5.92 Å². The molecule has 2 unspecified atom stereocenters. The molecule has 0 saturated carbocycles. The molecule has 2 aliphatic heterocycles. The first-order valence-corrected chi connectivity index (χ1v) is 9.52. The van der Waals surface area contributed by atoms with Gasteiger partial charge in [-0.05, 0) is 54.5 Å². The minimum absolute atomic E-state index is 0.149. The van der Waals surface area contributed by atoms with Gasteiger partial charge in [0, 0.05) is 37.9 Å². The summed E-state index contributed by atoms with van der Waals surface area (Å²) in [6, 6.07) is 16.5. The Morgan fingerprint density at radius 2 is 1.84 bits per heavy atom. The number of benzene rings is 2. The van der Waals surface area contributed by atoms with Crippen LogP contribution in [0.25, 0.3) is 0 Å². The predicted molar refractivity (Wildman–Crippen MR) is 102 cm³/mol. The van der Waals surface area contributed by atoms with Gasteiger partial charge in [0.15, 0.2) is 0 Å². The highest BCUT2D eigenvalue weighted by Crippen LogP contribution is 2.34. The molecule has 0 aromatic heterocycles. The van der Waals surface area contributed by atoms with Crippen molar-refractivity contribution in [3.8, 4) is 0 Å². The summed E-state index contributed by atoms with van der Waals surface area (Å²) in [5.41, 5.74) is 4.19. The van der Waals surface area contributed by atoms with Gasteiger partial charge in [-0.2, -0.15) is 0 Å². The second kappa shape index (κ2) is 7.17. The van der Waals surface area contributed by atoms with Crippen LogP contribution in [0.15, 0.2) is 48.5 Å². The van der Waals surface area contributed by atoms with Gasteiger partial charge in [-0.3, -0.25) is 0 Å². The van der Waals surface area contributed by atoms with E-state index < -0.39 is 0 Å². The molecular formula is C22H27FN2. The Kier molecular flexibility index (Phi) is 4.76. The van der Waals surface area contributed by atoms with E-state index >= 15 is 0 Å². The quantitative estimate of drug-likeness (QED) is 0.827. The SMILES string of the molecule is CC1CN(CCc2ccc(F)cc2)CCC1N1CCc2ccccc21. The van der Waals surface area contributed by atoms with Gasteiger partial charge in [-0.1, -0.05) is 37.3 Å². The van der Waals surface area contributed by atoms with Crippen molar-refractivity contribution in [2.75, 3.05) is 31.1 Å². The lowest BCUT2D eigenvalue weighted by atomic mass is 9.92. The normalized spacial score (nSPS) is 23.7. The molecule has 3 heteroatoms. The van der Waals surface area contributed by atoms with E-state index in [2.05, 4.69) is 41.0 Å². The molecule has 2 aromatic carbocycles. The van der Waals surface area contributed by atoms with Gasteiger partial charge >= 0.3 is 0 Å². The number of fused-ring (bicyclic) bond motifs is 1. The highest BCUT2D eigenvalue weighted by atomic mass is 19.1. The van der Waals surface area contributed by atoms with Crippen LogP contribution >= 0.6 is 0 Å². The third kappa shape index (κ3) is 3.57. The number of nitrogens with zero attached hydrogens (tertiary/aromatic N) is 2. The Balaban J connectivity index is 1.34. The van der Waals surface area contributed by atoms with Crippen LogP contribution in [-0.4, -0.2) is 37.1 Å². The van der Waals surface area contributed by atoms with Gasteiger partial charge in [0.25, 0.3) is 0 Å². The fourth-order valence-electron chi connectivity index (χ4n) is 4.53. The third-order valence-electron chi connectivity index (χ3n) is 5.90. The molecule has 2 nitrogen and oxygen atoms in total. The lowest BCUT2D eigenvalue weighted by Gasteiger charge is -2.42. The van der Waals surface area contributed by atoms with Crippen molar-refractivity contribution in [1.29, 1.82) is 0 Å². The van der Waals surface area contributed by atoms with Crippen molar-refractivity contribution in [1.82, 2.24) is 4.90 Å². The molecule has 0 bridgehead atoms. The van der Waals surface area contributed by atoms with Crippen LogP contribution in [0.4, 0.5) is 10.1 Å². The monoisotopic (exact) mass is 338 g/mol. The van der Waals surface area contributed by atoms with Crippen LogP contribution in [-0.2, 0) is 12.8 Å². The summed E-state index contributed by atoms with van der Waals surface area (Å²) < 4.78 is 13.0. The molecule has 2 heterocycles. The summed E-state index contributed by atoms with van der Waals surface area (Å²) in [5.74, 6) is 0.525. The molecule has 25 heavy (non-hydrogen) atoms. The van der Waals surface area contributed by atoms with Gasteiger partial charge < -0.3 is 9.80 Å². The molecule has 4 rings (SSSR count). The average molecular weight is 338 g/mol. The summed E-state index contributed by atoms with van der Waals surface area (Å²) in [4.78, 5) is 5.23. The van der Waals surface area contributed by atoms with E-state index in [0.717, 1.165) is 26.1 Å². The summed E-state index contributed by atoms with van der Waals surface area (Å²) >= 11 is 0. The third-order valence-corrected chi connectivity index (χ3v) is 5.90. The Labute approximate surface area is 150 Å². The average Bonchev–Trinajstić information content (AvgIpc) is 3.05. The zero-order valence-electron chi connectivity index (χ0n) is 15.0. The Morgan fingerprint density at radius 1 is 1.04 bits per heavy atom. The molecule has 0 radical (unpaired) electrons. The fourth-order valence-corrected chi connectivity index (χ4v) is 4.53. The molecule has 2 aliphatic rings. The van der Waals surface area contributed by atoms with Crippen LogP contribution in [0.5, 0.6) is 0 Å². The molecule has 2 atom stereocenters. The van der Waals surface area contributed by atoms with Crippen LogP contribution in [0, 0.1) is 11.7 Å². The molecule has 2 aromatic rings. The summed E-state index contributed by atoms with van der Waals surface area (Å²) in [5, 5.41) is 0. The number of likely N-dealkylation sites (tertiary alicyclic amines) is 1. The molecule has 0 N–H and O–H groups in total. The molecule has 0 spiro atoms. The highest BCUT2D eigenvalue weighted by molar-refractivity contribution is 5.58. The topological polar surface area (TPSA) is 6.48 Å². The predicted octanol–water partition coefficient (Wildman–Crippen LogP) is 4.14. The van der Waals surface area contributed by atoms with Crippen LogP contribution in [0.1, 0.15) is 24.5 Å². The van der Waals surface area contributed by atoms with E-state index in [0.29, 0.717) is 12.0 Å². The summed E-state index contributed by atoms with van der Waals surface area (Å²) in [7, 11) is 0. The lowest BCUT2D eigenvalue weighted by Crippen LogP contribution is -2.50. The van der Waals surface area contributed by atoms with Crippen molar-refractivity contribution < 1.29 is 4.39 Å². The first kappa shape index (κ1) is 16.6. The minimum atomic E-state index is -0.149. The highest BCUT2D eigenvalue weighted by Gasteiger charge is 2.33. The van der Waals surface area contributed by atoms with Crippen LogP contribution in [0.2, 0.25) is 0 Å². The smallest absolute Gasteiger partial charge is 0.123 e. The van der Waals surface area contributed by atoms with E-state index in [1.807, 2.05) is 12.1 Å². The largest absolute Gasteiger partial charge is 0.368 e. The van der Waals surface area contributed by atoms with Gasteiger partial charge in [-0.15, -0.1) is 0 Å². The first-order valence-electron chi connectivity index (χ1n) is 9.52. The first-order chi connectivity index (χ1) is 12.2. The minimum Gasteiger partial charge on any atom is -0.368 e. The van der Waals surface area contributed by atoms with E-state index in [1.54, 1.807) is 12.1 Å². The molecular weight excluding hydrogens is 311 g/mol. The van der Waals surface area contributed by atoms with E-state index in [-0.39, 0.29) is 5.82 Å². The number of anilines is 1. The maximum atomic E-state index is 13.0. The second-order valence-corrected chi connectivity index (χ2v) is 7.58. The molecule has 0 aliphatic carbocycles.